The molecule has 0 aliphatic heterocycles. The average molecular weight is 535 g/mol. The van der Waals surface area contributed by atoms with Crippen molar-refractivity contribution in [2.24, 2.45) is 5.92 Å². The highest BCUT2D eigenvalue weighted by Crippen LogP contribution is 2.16. The van der Waals surface area contributed by atoms with E-state index in [1.165, 1.54) is 147 Å². The van der Waals surface area contributed by atoms with Crippen molar-refractivity contribution in [2.75, 3.05) is 6.61 Å². The molecule has 0 aliphatic carbocycles. The van der Waals surface area contributed by atoms with E-state index >= 15 is 0 Å². The van der Waals surface area contributed by atoms with Gasteiger partial charge in [-0.1, -0.05) is 173 Å². The third-order valence-electron chi connectivity index (χ3n) is 7.41. The van der Waals surface area contributed by atoms with Gasteiger partial charge in [-0.15, -0.1) is 0 Å². The molecular weight excluding hydrogens is 472 g/mol. The van der Waals surface area contributed by atoms with E-state index in [2.05, 4.69) is 13.5 Å². The van der Waals surface area contributed by atoms with Crippen molar-refractivity contribution >= 4 is 11.9 Å². The van der Waals surface area contributed by atoms with Gasteiger partial charge in [-0.2, -0.15) is 0 Å². The molecule has 0 aromatic carbocycles. The zero-order valence-corrected chi connectivity index (χ0v) is 25.1. The summed E-state index contributed by atoms with van der Waals surface area (Å²) in [6, 6.07) is 0. The van der Waals surface area contributed by atoms with Crippen LogP contribution in [0.15, 0.2) is 24.8 Å². The minimum atomic E-state index is -0.985. The first-order valence-corrected chi connectivity index (χ1v) is 16.3. The number of esters is 1. The van der Waals surface area contributed by atoms with Crippen LogP contribution in [-0.2, 0) is 14.3 Å². The van der Waals surface area contributed by atoms with E-state index in [1.807, 2.05) is 6.08 Å². The maximum atomic E-state index is 11.6. The smallest absolute Gasteiger partial charge is 0.310 e. The molecule has 4 nitrogen and oxygen atoms in total. The van der Waals surface area contributed by atoms with Crippen LogP contribution in [0.25, 0.3) is 0 Å². The lowest BCUT2D eigenvalue weighted by Gasteiger charge is -2.07. The predicted octanol–water partition coefficient (Wildman–Crippen LogP) is 10.7. The number of aliphatic carboxylic acids is 1. The van der Waals surface area contributed by atoms with Crippen LogP contribution in [-0.4, -0.2) is 23.7 Å². The summed E-state index contributed by atoms with van der Waals surface area (Å²) in [7, 11) is 0. The molecule has 1 unspecified atom stereocenters. The van der Waals surface area contributed by atoms with Gasteiger partial charge in [-0.3, -0.25) is 9.59 Å². The molecule has 0 radical (unpaired) electrons. The fraction of sp³-hybridized carbons (Fsp3) is 0.824. The van der Waals surface area contributed by atoms with Crippen molar-refractivity contribution in [3.63, 3.8) is 0 Å². The Bertz CT molecular complexity index is 569. The second-order valence-corrected chi connectivity index (χ2v) is 11.1. The molecule has 0 heterocycles. The highest BCUT2D eigenvalue weighted by molar-refractivity contribution is 5.80. The van der Waals surface area contributed by atoms with E-state index in [0.717, 1.165) is 12.8 Å². The average Bonchev–Trinajstić information content (AvgIpc) is 2.91. The minimum absolute atomic E-state index is 0.119. The molecule has 0 amide bonds. The number of ether oxygens (including phenoxy) is 1. The third-order valence-corrected chi connectivity index (χ3v) is 7.41. The van der Waals surface area contributed by atoms with Gasteiger partial charge in [0.1, 0.15) is 6.61 Å². The van der Waals surface area contributed by atoms with E-state index in [9.17, 15) is 14.7 Å². The van der Waals surface area contributed by atoms with Gasteiger partial charge in [0.25, 0.3) is 0 Å². The summed E-state index contributed by atoms with van der Waals surface area (Å²) < 4.78 is 4.88. The zero-order chi connectivity index (χ0) is 27.9. The number of carbonyl (C=O) groups excluding carboxylic acids is 1. The molecule has 222 valence electrons. The largest absolute Gasteiger partial charge is 0.481 e. The maximum absolute atomic E-state index is 11.6. The second-order valence-electron chi connectivity index (χ2n) is 11.1. The summed E-state index contributed by atoms with van der Waals surface area (Å²) >= 11 is 0. The summed E-state index contributed by atoms with van der Waals surface area (Å²) in [6.07, 6.45) is 37.6. The van der Waals surface area contributed by atoms with Gasteiger partial charge in [0.15, 0.2) is 0 Å². The van der Waals surface area contributed by atoms with Crippen LogP contribution < -0.4 is 0 Å². The molecule has 1 atom stereocenters. The molecule has 0 saturated carbocycles. The van der Waals surface area contributed by atoms with Crippen LogP contribution in [0.1, 0.15) is 167 Å². The van der Waals surface area contributed by atoms with Gasteiger partial charge >= 0.3 is 11.9 Å². The van der Waals surface area contributed by atoms with E-state index in [4.69, 9.17) is 4.74 Å². The van der Waals surface area contributed by atoms with Gasteiger partial charge < -0.3 is 9.84 Å². The van der Waals surface area contributed by atoms with Crippen LogP contribution in [0.3, 0.4) is 0 Å². The number of unbranched alkanes of at least 4 members (excludes halogenated alkanes) is 23. The Kier molecular flexibility index (Phi) is 28.7. The molecule has 0 spiro atoms. The number of carboxylic acid groups (broad SMARTS) is 1. The molecule has 0 aliphatic rings. The Morgan fingerprint density at radius 1 is 0.658 bits per heavy atom. The number of hydrogen-bond acceptors (Lipinski definition) is 3. The highest BCUT2D eigenvalue weighted by atomic mass is 16.5. The molecule has 38 heavy (non-hydrogen) atoms. The van der Waals surface area contributed by atoms with Gasteiger partial charge in [0.2, 0.25) is 0 Å². The van der Waals surface area contributed by atoms with E-state index in [0.29, 0.717) is 0 Å². The Labute approximate surface area is 236 Å². The lowest BCUT2D eigenvalue weighted by Crippen LogP contribution is -2.17. The van der Waals surface area contributed by atoms with Crippen LogP contribution in [0, 0.1) is 5.92 Å². The van der Waals surface area contributed by atoms with Gasteiger partial charge in [-0.25, -0.2) is 0 Å². The minimum Gasteiger partial charge on any atom is -0.481 e. The number of carboxylic acids is 1. The lowest BCUT2D eigenvalue weighted by molar-refractivity contribution is -0.149. The molecule has 0 saturated heterocycles. The normalized spacial score (nSPS) is 12.1. The topological polar surface area (TPSA) is 63.6 Å². The first-order chi connectivity index (χ1) is 18.6. The molecule has 1 N–H and O–H groups in total. The molecule has 0 bridgehead atoms. The Hall–Kier alpha value is -1.58. The summed E-state index contributed by atoms with van der Waals surface area (Å²) in [5.74, 6) is -2.29. The first kappa shape index (κ1) is 36.4. The molecule has 4 heteroatoms. The summed E-state index contributed by atoms with van der Waals surface area (Å²) in [5.41, 5.74) is 0. The van der Waals surface area contributed by atoms with Crippen molar-refractivity contribution in [2.45, 2.75) is 167 Å². The number of allylic oxidation sites excluding steroid dienone is 1. The van der Waals surface area contributed by atoms with Crippen molar-refractivity contribution < 1.29 is 19.4 Å². The standard InChI is InChI=1S/C34H62O4/c1-3-5-6-7-8-9-10-11-12-13-14-15-16-17-18-19-20-21-22-23-24-25-26-27-28-29-32(34(36)37)31-33(35)38-30-4-2/h4,28-29,32H,2-3,5-27,30-31H2,1H3,(H,36,37)/b29-28+. The van der Waals surface area contributed by atoms with E-state index < -0.39 is 17.9 Å². The van der Waals surface area contributed by atoms with Gasteiger partial charge in [-0.05, 0) is 12.8 Å². The molecular formula is C34H62O4. The Morgan fingerprint density at radius 2 is 1.03 bits per heavy atom. The second kappa shape index (κ2) is 30.0. The van der Waals surface area contributed by atoms with E-state index in [1.54, 1.807) is 6.08 Å². The van der Waals surface area contributed by atoms with Crippen LogP contribution in [0.2, 0.25) is 0 Å². The first-order valence-electron chi connectivity index (χ1n) is 16.3. The van der Waals surface area contributed by atoms with Crippen molar-refractivity contribution in [3.8, 4) is 0 Å². The summed E-state index contributed by atoms with van der Waals surface area (Å²) in [5, 5.41) is 9.26. The van der Waals surface area contributed by atoms with Crippen LogP contribution in [0.5, 0.6) is 0 Å². The summed E-state index contributed by atoms with van der Waals surface area (Å²) in [6.45, 7) is 5.89. The van der Waals surface area contributed by atoms with Crippen LogP contribution in [0.4, 0.5) is 0 Å². The molecule has 0 aromatic rings. The number of hydrogen-bond donors (Lipinski definition) is 1. The molecule has 0 rings (SSSR count). The van der Waals surface area contributed by atoms with Crippen molar-refractivity contribution in [1.82, 2.24) is 0 Å². The monoisotopic (exact) mass is 534 g/mol. The maximum Gasteiger partial charge on any atom is 0.310 e. The van der Waals surface area contributed by atoms with Crippen molar-refractivity contribution in [3.05, 3.63) is 24.8 Å². The van der Waals surface area contributed by atoms with E-state index in [-0.39, 0.29) is 13.0 Å². The molecule has 0 aromatic heterocycles. The number of rotatable bonds is 30. The Balaban J connectivity index is 3.34. The fourth-order valence-corrected chi connectivity index (χ4v) is 4.94. The quantitative estimate of drug-likeness (QED) is 0.0565. The summed E-state index contributed by atoms with van der Waals surface area (Å²) in [4.78, 5) is 22.9. The molecule has 0 fully saturated rings. The SMILES string of the molecule is C=CCOC(=O)CC(/C=C/CCCCCCCCCCCCCCCCCCCCCCCCC)C(=O)O. The Morgan fingerprint density at radius 3 is 1.37 bits per heavy atom. The third kappa shape index (κ3) is 27.5. The fourth-order valence-electron chi connectivity index (χ4n) is 4.94. The predicted molar refractivity (Wildman–Crippen MR) is 163 cm³/mol. The van der Waals surface area contributed by atoms with Crippen LogP contribution >= 0.6 is 0 Å². The van der Waals surface area contributed by atoms with Gasteiger partial charge in [0, 0.05) is 0 Å². The lowest BCUT2D eigenvalue weighted by atomic mass is 10.0. The zero-order valence-electron chi connectivity index (χ0n) is 25.1. The van der Waals surface area contributed by atoms with Gasteiger partial charge in [0.05, 0.1) is 12.3 Å². The highest BCUT2D eigenvalue weighted by Gasteiger charge is 2.18. The van der Waals surface area contributed by atoms with Crippen molar-refractivity contribution in [1.29, 1.82) is 0 Å². The number of carbonyl (C=O) groups is 2.